The monoisotopic (exact) mass is 363 g/mol. The molecule has 0 unspecified atom stereocenters. The van der Waals surface area contributed by atoms with Crippen molar-refractivity contribution in [2.75, 3.05) is 26.9 Å². The van der Waals surface area contributed by atoms with Gasteiger partial charge in [-0.1, -0.05) is 0 Å². The number of methoxy groups -OCH3 is 1. The van der Waals surface area contributed by atoms with E-state index in [9.17, 15) is 14.4 Å². The first-order valence-corrected chi connectivity index (χ1v) is 8.59. The zero-order chi connectivity index (χ0) is 19.1. The molecule has 1 amide bonds. The molecule has 0 aliphatic rings. The molecule has 142 valence electrons. The predicted octanol–water partition coefficient (Wildman–Crippen LogP) is 0.881. The highest BCUT2D eigenvalue weighted by Gasteiger charge is 2.11. The lowest BCUT2D eigenvalue weighted by Gasteiger charge is -2.09. The quantitative estimate of drug-likeness (QED) is 0.644. The van der Waals surface area contributed by atoms with Gasteiger partial charge in [0.2, 0.25) is 0 Å². The number of hydrogen-bond acceptors (Lipinski definition) is 5. The van der Waals surface area contributed by atoms with Crippen LogP contribution < -0.4 is 16.6 Å². The van der Waals surface area contributed by atoms with E-state index >= 15 is 0 Å². The summed E-state index contributed by atoms with van der Waals surface area (Å²) in [6.07, 6.45) is 0.870. The van der Waals surface area contributed by atoms with Crippen LogP contribution in [0.1, 0.15) is 30.6 Å². The van der Waals surface area contributed by atoms with Gasteiger partial charge in [-0.15, -0.1) is 0 Å². The molecule has 0 aliphatic carbocycles. The lowest BCUT2D eigenvalue weighted by atomic mass is 10.1. The van der Waals surface area contributed by atoms with Gasteiger partial charge >= 0.3 is 5.69 Å². The van der Waals surface area contributed by atoms with Crippen LogP contribution in [-0.2, 0) is 16.0 Å². The maximum Gasteiger partial charge on any atom is 0.328 e. The van der Waals surface area contributed by atoms with E-state index in [1.165, 1.54) is 13.2 Å². The van der Waals surface area contributed by atoms with Gasteiger partial charge in [0, 0.05) is 25.8 Å². The lowest BCUT2D eigenvalue weighted by molar-refractivity contribution is 0.0757. The first kappa shape index (κ1) is 19.9. The van der Waals surface area contributed by atoms with Crippen LogP contribution >= 0.6 is 0 Å². The first-order valence-electron chi connectivity index (χ1n) is 8.59. The minimum Gasteiger partial charge on any atom is -0.383 e. The SMILES string of the molecule is COCCn1c(=O)[nH]c2cc(C(=O)NCCCOC(C)C)ccc2c1=O. The second kappa shape index (κ2) is 9.30. The van der Waals surface area contributed by atoms with Crippen molar-refractivity contribution in [2.45, 2.75) is 32.9 Å². The zero-order valence-corrected chi connectivity index (χ0v) is 15.3. The number of carbonyl (C=O) groups excluding carboxylic acids is 1. The highest BCUT2D eigenvalue weighted by molar-refractivity contribution is 5.97. The summed E-state index contributed by atoms with van der Waals surface area (Å²) in [6.45, 7) is 5.40. The number of aromatic nitrogens is 2. The largest absolute Gasteiger partial charge is 0.383 e. The highest BCUT2D eigenvalue weighted by Crippen LogP contribution is 2.09. The van der Waals surface area contributed by atoms with Gasteiger partial charge in [0.05, 0.1) is 30.2 Å². The van der Waals surface area contributed by atoms with Gasteiger partial charge in [-0.25, -0.2) is 4.79 Å². The Kier molecular flexibility index (Phi) is 7.11. The molecule has 2 N–H and O–H groups in total. The number of carbonyl (C=O) groups is 1. The summed E-state index contributed by atoms with van der Waals surface area (Å²) in [5.41, 5.74) is -0.210. The van der Waals surface area contributed by atoms with Crippen LogP contribution in [0.25, 0.3) is 10.9 Å². The third-order valence-electron chi connectivity index (χ3n) is 3.82. The average Bonchev–Trinajstić information content (AvgIpc) is 2.60. The highest BCUT2D eigenvalue weighted by atomic mass is 16.5. The second-order valence-corrected chi connectivity index (χ2v) is 6.17. The van der Waals surface area contributed by atoms with Crippen LogP contribution in [-0.4, -0.2) is 48.4 Å². The molecule has 2 rings (SSSR count). The fourth-order valence-corrected chi connectivity index (χ4v) is 2.48. The molecule has 0 fully saturated rings. The van der Waals surface area contributed by atoms with Crippen molar-refractivity contribution in [3.05, 3.63) is 44.6 Å². The molecule has 0 aliphatic heterocycles. The van der Waals surface area contributed by atoms with Gasteiger partial charge in [0.15, 0.2) is 0 Å². The molecule has 0 bridgehead atoms. The van der Waals surface area contributed by atoms with E-state index in [-0.39, 0.29) is 25.2 Å². The second-order valence-electron chi connectivity index (χ2n) is 6.17. The van der Waals surface area contributed by atoms with E-state index in [0.717, 1.165) is 4.57 Å². The molecule has 0 spiro atoms. The number of ether oxygens (including phenoxy) is 2. The van der Waals surface area contributed by atoms with Gasteiger partial charge in [0.25, 0.3) is 11.5 Å². The van der Waals surface area contributed by atoms with E-state index in [0.29, 0.717) is 36.0 Å². The summed E-state index contributed by atoms with van der Waals surface area (Å²) in [5, 5.41) is 3.14. The molecule has 0 saturated heterocycles. The zero-order valence-electron chi connectivity index (χ0n) is 15.3. The van der Waals surface area contributed by atoms with E-state index in [1.807, 2.05) is 13.8 Å². The molecule has 2 aromatic rings. The molecular weight excluding hydrogens is 338 g/mol. The van der Waals surface area contributed by atoms with Crippen molar-refractivity contribution in [1.82, 2.24) is 14.9 Å². The predicted molar refractivity (Wildman–Crippen MR) is 98.7 cm³/mol. The molecule has 8 nitrogen and oxygen atoms in total. The maximum atomic E-state index is 12.4. The van der Waals surface area contributed by atoms with E-state index in [1.54, 1.807) is 12.1 Å². The number of benzene rings is 1. The lowest BCUT2D eigenvalue weighted by Crippen LogP contribution is -2.36. The Labute approximate surface area is 151 Å². The van der Waals surface area contributed by atoms with Gasteiger partial charge < -0.3 is 19.8 Å². The third kappa shape index (κ3) is 5.03. The minimum absolute atomic E-state index is 0.163. The number of amides is 1. The topological polar surface area (TPSA) is 102 Å². The molecule has 26 heavy (non-hydrogen) atoms. The Morgan fingerprint density at radius 2 is 2.04 bits per heavy atom. The number of hydrogen-bond donors (Lipinski definition) is 2. The summed E-state index contributed by atoms with van der Waals surface area (Å²) in [7, 11) is 1.50. The van der Waals surface area contributed by atoms with Gasteiger partial charge in [-0.3, -0.25) is 14.2 Å². The Hall–Kier alpha value is -2.45. The number of fused-ring (bicyclic) bond motifs is 1. The Balaban J connectivity index is 2.12. The Morgan fingerprint density at radius 1 is 1.27 bits per heavy atom. The van der Waals surface area contributed by atoms with Gasteiger partial charge in [0.1, 0.15) is 0 Å². The summed E-state index contributed by atoms with van der Waals surface area (Å²) in [5.74, 6) is -0.263. The molecular formula is C18H25N3O5. The molecule has 0 saturated carbocycles. The summed E-state index contributed by atoms with van der Waals surface area (Å²) in [6, 6.07) is 4.63. The van der Waals surface area contributed by atoms with Crippen LogP contribution in [0.3, 0.4) is 0 Å². The summed E-state index contributed by atoms with van der Waals surface area (Å²) in [4.78, 5) is 39.3. The van der Waals surface area contributed by atoms with Crippen molar-refractivity contribution < 1.29 is 14.3 Å². The summed E-state index contributed by atoms with van der Waals surface area (Å²) < 4.78 is 11.4. The molecule has 1 aromatic heterocycles. The molecule has 1 heterocycles. The number of rotatable bonds is 9. The number of aromatic amines is 1. The van der Waals surface area contributed by atoms with Crippen LogP contribution in [0.4, 0.5) is 0 Å². The fraction of sp³-hybridized carbons (Fsp3) is 0.500. The van der Waals surface area contributed by atoms with Crippen molar-refractivity contribution in [2.24, 2.45) is 0 Å². The van der Waals surface area contributed by atoms with Crippen molar-refractivity contribution in [1.29, 1.82) is 0 Å². The standard InChI is InChI=1S/C18H25N3O5/c1-12(2)26-9-4-7-19-16(22)13-5-6-14-15(11-13)20-18(24)21(17(14)23)8-10-25-3/h5-6,11-12H,4,7-10H2,1-3H3,(H,19,22)(H,20,24). The smallest absolute Gasteiger partial charge is 0.328 e. The first-order chi connectivity index (χ1) is 12.4. The molecule has 0 radical (unpaired) electrons. The Bertz CT molecular complexity index is 869. The van der Waals surface area contributed by atoms with Gasteiger partial charge in [-0.2, -0.15) is 0 Å². The molecule has 1 aromatic carbocycles. The van der Waals surface area contributed by atoms with Crippen LogP contribution in [0.5, 0.6) is 0 Å². The Morgan fingerprint density at radius 3 is 2.73 bits per heavy atom. The average molecular weight is 363 g/mol. The van der Waals surface area contributed by atoms with Crippen molar-refractivity contribution in [3.63, 3.8) is 0 Å². The third-order valence-corrected chi connectivity index (χ3v) is 3.82. The van der Waals surface area contributed by atoms with Crippen LogP contribution in [0, 0.1) is 0 Å². The number of H-pyrrole nitrogens is 1. The van der Waals surface area contributed by atoms with Crippen molar-refractivity contribution >= 4 is 16.8 Å². The van der Waals surface area contributed by atoms with Crippen LogP contribution in [0.15, 0.2) is 27.8 Å². The normalized spacial score (nSPS) is 11.2. The van der Waals surface area contributed by atoms with Gasteiger partial charge in [-0.05, 0) is 38.5 Å². The fourth-order valence-electron chi connectivity index (χ4n) is 2.48. The number of nitrogens with zero attached hydrogens (tertiary/aromatic N) is 1. The maximum absolute atomic E-state index is 12.4. The van der Waals surface area contributed by atoms with E-state index in [4.69, 9.17) is 9.47 Å². The summed E-state index contributed by atoms with van der Waals surface area (Å²) >= 11 is 0. The van der Waals surface area contributed by atoms with E-state index < -0.39 is 11.2 Å². The molecule has 0 atom stereocenters. The minimum atomic E-state index is -0.525. The van der Waals surface area contributed by atoms with E-state index in [2.05, 4.69) is 10.3 Å². The molecule has 8 heteroatoms. The number of nitrogens with one attached hydrogen (secondary N) is 2. The van der Waals surface area contributed by atoms with Crippen molar-refractivity contribution in [3.8, 4) is 0 Å². The van der Waals surface area contributed by atoms with Crippen LogP contribution in [0.2, 0.25) is 0 Å².